The highest BCUT2D eigenvalue weighted by Crippen LogP contribution is 2.34. The molecule has 0 unspecified atom stereocenters. The quantitative estimate of drug-likeness (QED) is 0.616. The molecule has 0 saturated carbocycles. The zero-order chi connectivity index (χ0) is 17.3. The van der Waals surface area contributed by atoms with Crippen LogP contribution in [0.4, 0.5) is 0 Å². The summed E-state index contributed by atoms with van der Waals surface area (Å²) < 4.78 is 10.6. The molecule has 0 amide bonds. The lowest BCUT2D eigenvalue weighted by Crippen LogP contribution is -1.97. The Kier molecular flexibility index (Phi) is 4.60. The number of carbonyl (C=O) groups is 1. The number of aromatic nitrogens is 1. The molecule has 0 N–H and O–H groups in total. The van der Waals surface area contributed by atoms with Gasteiger partial charge in [0.15, 0.2) is 11.5 Å². The van der Waals surface area contributed by atoms with Gasteiger partial charge in [-0.25, -0.2) is 4.98 Å². The van der Waals surface area contributed by atoms with Crippen LogP contribution in [0.2, 0.25) is 5.02 Å². The Morgan fingerprint density at radius 3 is 2.46 bits per heavy atom. The van der Waals surface area contributed by atoms with E-state index in [0.29, 0.717) is 38.7 Å². The molecule has 0 atom stereocenters. The number of pyridine rings is 1. The minimum atomic E-state index is -0.564. The first-order chi connectivity index (χ1) is 11.5. The lowest BCUT2D eigenvalue weighted by Gasteiger charge is -2.11. The van der Waals surface area contributed by atoms with Crippen molar-refractivity contribution in [2.75, 3.05) is 14.2 Å². The third-order valence-electron chi connectivity index (χ3n) is 3.68. The van der Waals surface area contributed by atoms with E-state index in [-0.39, 0.29) is 0 Å². The molecule has 0 aliphatic rings. The fourth-order valence-corrected chi connectivity index (χ4v) is 2.89. The summed E-state index contributed by atoms with van der Waals surface area (Å²) in [4.78, 5) is 16.4. The van der Waals surface area contributed by atoms with E-state index in [2.05, 4.69) is 4.98 Å². The average molecular weight is 362 g/mol. The topological polar surface area (TPSA) is 48.4 Å². The standard InChI is InChI=1S/C18H13Cl2NO3/c1-23-15-7-6-10(8-16(15)24-2)14-9-12(18(20)22)11-4-3-5-13(19)17(11)21-14/h3-9H,1-2H3. The van der Waals surface area contributed by atoms with Gasteiger partial charge < -0.3 is 9.47 Å². The van der Waals surface area contributed by atoms with Crippen LogP contribution in [0.1, 0.15) is 10.4 Å². The van der Waals surface area contributed by atoms with Crippen LogP contribution in [-0.4, -0.2) is 24.4 Å². The van der Waals surface area contributed by atoms with Crippen molar-refractivity contribution in [2.45, 2.75) is 0 Å². The van der Waals surface area contributed by atoms with Crippen molar-refractivity contribution in [3.8, 4) is 22.8 Å². The number of carbonyl (C=O) groups excluding carboxylic acids is 1. The van der Waals surface area contributed by atoms with Gasteiger partial charge >= 0.3 is 0 Å². The highest BCUT2D eigenvalue weighted by atomic mass is 35.5. The second kappa shape index (κ2) is 6.67. The number of hydrogen-bond acceptors (Lipinski definition) is 4. The van der Waals surface area contributed by atoms with E-state index in [1.54, 1.807) is 50.6 Å². The summed E-state index contributed by atoms with van der Waals surface area (Å²) >= 11 is 12.0. The summed E-state index contributed by atoms with van der Waals surface area (Å²) in [5.41, 5.74) is 2.21. The third kappa shape index (κ3) is 2.90. The number of hydrogen-bond donors (Lipinski definition) is 0. The van der Waals surface area contributed by atoms with Gasteiger partial charge in [-0.05, 0) is 41.9 Å². The summed E-state index contributed by atoms with van der Waals surface area (Å²) in [5.74, 6) is 1.17. The molecule has 3 aromatic rings. The largest absolute Gasteiger partial charge is 0.493 e. The number of para-hydroxylation sites is 1. The van der Waals surface area contributed by atoms with Crippen LogP contribution in [0.5, 0.6) is 11.5 Å². The minimum absolute atomic E-state index is 0.356. The zero-order valence-electron chi connectivity index (χ0n) is 13.0. The van der Waals surface area contributed by atoms with Crippen molar-refractivity contribution in [3.63, 3.8) is 0 Å². The first-order valence-electron chi connectivity index (χ1n) is 7.06. The van der Waals surface area contributed by atoms with E-state index in [1.165, 1.54) is 0 Å². The van der Waals surface area contributed by atoms with Gasteiger partial charge in [0.05, 0.1) is 30.5 Å². The van der Waals surface area contributed by atoms with Crippen molar-refractivity contribution >= 4 is 39.3 Å². The van der Waals surface area contributed by atoms with E-state index >= 15 is 0 Å². The highest BCUT2D eigenvalue weighted by Gasteiger charge is 2.15. The fourth-order valence-electron chi connectivity index (χ4n) is 2.52. The van der Waals surface area contributed by atoms with Gasteiger partial charge in [0.25, 0.3) is 5.24 Å². The maximum atomic E-state index is 11.8. The molecule has 1 heterocycles. The summed E-state index contributed by atoms with van der Waals surface area (Å²) in [6.07, 6.45) is 0. The lowest BCUT2D eigenvalue weighted by molar-refractivity contribution is 0.108. The highest BCUT2D eigenvalue weighted by molar-refractivity contribution is 6.68. The molecule has 0 aliphatic carbocycles. The number of nitrogens with zero attached hydrogens (tertiary/aromatic N) is 1. The number of fused-ring (bicyclic) bond motifs is 1. The molecule has 0 aliphatic heterocycles. The number of benzene rings is 2. The molecule has 1 aromatic heterocycles. The smallest absolute Gasteiger partial charge is 0.253 e. The molecule has 0 spiro atoms. The molecule has 0 saturated heterocycles. The molecular weight excluding hydrogens is 349 g/mol. The van der Waals surface area contributed by atoms with Gasteiger partial charge in [0.1, 0.15) is 0 Å². The van der Waals surface area contributed by atoms with Gasteiger partial charge in [0.2, 0.25) is 0 Å². The van der Waals surface area contributed by atoms with Crippen LogP contribution in [0, 0.1) is 0 Å². The second-order valence-electron chi connectivity index (χ2n) is 5.03. The molecule has 24 heavy (non-hydrogen) atoms. The molecule has 122 valence electrons. The Morgan fingerprint density at radius 2 is 1.79 bits per heavy atom. The normalized spacial score (nSPS) is 10.7. The third-order valence-corrected chi connectivity index (χ3v) is 4.19. The first-order valence-corrected chi connectivity index (χ1v) is 7.82. The summed E-state index contributed by atoms with van der Waals surface area (Å²) in [5, 5.41) is 0.507. The summed E-state index contributed by atoms with van der Waals surface area (Å²) in [7, 11) is 3.12. The molecule has 6 heteroatoms. The van der Waals surface area contributed by atoms with Crippen molar-refractivity contribution in [1.82, 2.24) is 4.98 Å². The van der Waals surface area contributed by atoms with E-state index < -0.39 is 5.24 Å². The summed E-state index contributed by atoms with van der Waals surface area (Å²) in [6.45, 7) is 0. The van der Waals surface area contributed by atoms with Crippen LogP contribution in [-0.2, 0) is 0 Å². The van der Waals surface area contributed by atoms with Crippen LogP contribution < -0.4 is 9.47 Å². The number of ether oxygens (including phenoxy) is 2. The number of halogens is 2. The van der Waals surface area contributed by atoms with E-state index in [0.717, 1.165) is 5.56 Å². The Hall–Kier alpha value is -2.30. The van der Waals surface area contributed by atoms with Gasteiger partial charge in [-0.15, -0.1) is 0 Å². The van der Waals surface area contributed by atoms with Gasteiger partial charge in [-0.2, -0.15) is 0 Å². The Bertz CT molecular complexity index is 941. The van der Waals surface area contributed by atoms with Crippen molar-refractivity contribution < 1.29 is 14.3 Å². The number of rotatable bonds is 4. The Balaban J connectivity index is 2.27. The van der Waals surface area contributed by atoms with Crippen LogP contribution in [0.3, 0.4) is 0 Å². The van der Waals surface area contributed by atoms with E-state index in [4.69, 9.17) is 32.7 Å². The maximum Gasteiger partial charge on any atom is 0.253 e. The fraction of sp³-hybridized carbons (Fsp3) is 0.111. The second-order valence-corrected chi connectivity index (χ2v) is 5.79. The molecule has 0 bridgehead atoms. The first kappa shape index (κ1) is 16.6. The molecule has 2 aromatic carbocycles. The predicted molar refractivity (Wildman–Crippen MR) is 95.5 cm³/mol. The van der Waals surface area contributed by atoms with Crippen molar-refractivity contribution in [2.24, 2.45) is 0 Å². The zero-order valence-corrected chi connectivity index (χ0v) is 14.5. The van der Waals surface area contributed by atoms with Gasteiger partial charge in [0, 0.05) is 16.5 Å². The monoisotopic (exact) mass is 361 g/mol. The van der Waals surface area contributed by atoms with E-state index in [9.17, 15) is 4.79 Å². The molecule has 0 fully saturated rings. The maximum absolute atomic E-state index is 11.8. The molecular formula is C18H13Cl2NO3. The minimum Gasteiger partial charge on any atom is -0.493 e. The molecule has 0 radical (unpaired) electrons. The lowest BCUT2D eigenvalue weighted by atomic mass is 10.0. The van der Waals surface area contributed by atoms with Crippen LogP contribution in [0.15, 0.2) is 42.5 Å². The van der Waals surface area contributed by atoms with Gasteiger partial charge in [-0.1, -0.05) is 23.7 Å². The molecule has 4 nitrogen and oxygen atoms in total. The number of methoxy groups -OCH3 is 2. The van der Waals surface area contributed by atoms with Crippen molar-refractivity contribution in [1.29, 1.82) is 0 Å². The van der Waals surface area contributed by atoms with Crippen LogP contribution in [0.25, 0.3) is 22.2 Å². The Morgan fingerprint density at radius 1 is 1.04 bits per heavy atom. The van der Waals surface area contributed by atoms with Crippen molar-refractivity contribution in [3.05, 3.63) is 53.1 Å². The van der Waals surface area contributed by atoms with Gasteiger partial charge in [-0.3, -0.25) is 4.79 Å². The van der Waals surface area contributed by atoms with Crippen LogP contribution >= 0.6 is 23.2 Å². The average Bonchev–Trinajstić information content (AvgIpc) is 2.60. The summed E-state index contributed by atoms with van der Waals surface area (Å²) in [6, 6.07) is 12.3. The van der Waals surface area contributed by atoms with E-state index in [1.807, 2.05) is 6.07 Å². The SMILES string of the molecule is COc1ccc(-c2cc(C(=O)Cl)c3cccc(Cl)c3n2)cc1OC. The predicted octanol–water partition coefficient (Wildman–Crippen LogP) is 4.95. The molecule has 3 rings (SSSR count). The Labute approximate surface area is 148 Å².